The van der Waals surface area contributed by atoms with Crippen molar-refractivity contribution in [3.63, 3.8) is 0 Å². The molecule has 2 atom stereocenters. The Morgan fingerprint density at radius 3 is 2.74 bits per heavy atom. The third kappa shape index (κ3) is 4.11. The summed E-state index contributed by atoms with van der Waals surface area (Å²) < 4.78 is 6.64. The number of benzene rings is 1. The number of likely N-dealkylation sites (tertiary alicyclic amines) is 1. The van der Waals surface area contributed by atoms with Crippen molar-refractivity contribution in [3.8, 4) is 0 Å². The Labute approximate surface area is 156 Å². The number of hydrogen-bond acceptors (Lipinski definition) is 5. The molecule has 1 aliphatic heterocycles. The van der Waals surface area contributed by atoms with Crippen molar-refractivity contribution in [1.82, 2.24) is 14.5 Å². The Balaban J connectivity index is 1.77. The van der Waals surface area contributed by atoms with E-state index >= 15 is 0 Å². The average Bonchev–Trinajstić information content (AvgIpc) is 2.64. The maximum absolute atomic E-state index is 12.4. The lowest BCUT2D eigenvalue weighted by Gasteiger charge is -2.42. The molecule has 2 heterocycles. The number of rotatable bonds is 3. The molecule has 1 aliphatic rings. The van der Waals surface area contributed by atoms with Gasteiger partial charge in [0.05, 0.1) is 11.6 Å². The molecule has 144 valence electrons. The van der Waals surface area contributed by atoms with Crippen LogP contribution in [0.2, 0.25) is 0 Å². The normalized spacial score (nSPS) is 22.5. The summed E-state index contributed by atoms with van der Waals surface area (Å²) in [5.41, 5.74) is -1.06. The molecule has 27 heavy (non-hydrogen) atoms. The summed E-state index contributed by atoms with van der Waals surface area (Å²) >= 11 is 0. The number of aromatic amines is 1. The summed E-state index contributed by atoms with van der Waals surface area (Å²) in [6.45, 7) is 3.77. The fourth-order valence-corrected chi connectivity index (χ4v) is 3.21. The van der Waals surface area contributed by atoms with Crippen molar-refractivity contribution in [2.75, 3.05) is 13.1 Å². The lowest BCUT2D eigenvalue weighted by molar-refractivity contribution is -0.0502. The topological polar surface area (TPSA) is 105 Å². The van der Waals surface area contributed by atoms with Crippen LogP contribution in [0.5, 0.6) is 0 Å². The minimum atomic E-state index is -1.20. The van der Waals surface area contributed by atoms with Crippen LogP contribution in [0.15, 0.2) is 46.1 Å². The van der Waals surface area contributed by atoms with Crippen LogP contribution in [0.4, 0.5) is 4.79 Å². The maximum atomic E-state index is 12.4. The third-order valence-corrected chi connectivity index (χ3v) is 4.94. The van der Waals surface area contributed by atoms with E-state index in [4.69, 9.17) is 4.74 Å². The molecule has 1 saturated heterocycles. The van der Waals surface area contributed by atoms with Crippen LogP contribution in [0.3, 0.4) is 0 Å². The summed E-state index contributed by atoms with van der Waals surface area (Å²) in [6, 6.07) is 8.63. The van der Waals surface area contributed by atoms with Crippen LogP contribution < -0.4 is 11.2 Å². The van der Waals surface area contributed by atoms with Gasteiger partial charge in [0.1, 0.15) is 6.61 Å². The number of ether oxygens (including phenoxy) is 1. The molecular formula is C19H23N3O5. The van der Waals surface area contributed by atoms with Gasteiger partial charge in [-0.15, -0.1) is 0 Å². The monoisotopic (exact) mass is 373 g/mol. The van der Waals surface area contributed by atoms with Gasteiger partial charge < -0.3 is 14.7 Å². The number of nitrogens with one attached hydrogen (secondary N) is 1. The summed E-state index contributed by atoms with van der Waals surface area (Å²) in [5, 5.41) is 10.7. The number of carbonyl (C=O) groups excluding carboxylic acids is 1. The van der Waals surface area contributed by atoms with Crippen LogP contribution in [0.1, 0.15) is 30.5 Å². The van der Waals surface area contributed by atoms with Crippen LogP contribution >= 0.6 is 0 Å². The van der Waals surface area contributed by atoms with E-state index in [0.29, 0.717) is 12.1 Å². The zero-order valence-corrected chi connectivity index (χ0v) is 15.3. The van der Waals surface area contributed by atoms with Gasteiger partial charge in [0.25, 0.3) is 5.56 Å². The van der Waals surface area contributed by atoms with Gasteiger partial charge in [-0.3, -0.25) is 14.3 Å². The molecule has 0 spiro atoms. The summed E-state index contributed by atoms with van der Waals surface area (Å²) in [6.07, 6.45) is 1.19. The van der Waals surface area contributed by atoms with Crippen molar-refractivity contribution in [3.05, 3.63) is 68.5 Å². The number of aliphatic hydroxyl groups is 1. The number of hydrogen-bond donors (Lipinski definition) is 2. The number of aromatic nitrogens is 2. The molecule has 3 rings (SSSR count). The van der Waals surface area contributed by atoms with Gasteiger partial charge in [-0.05, 0) is 25.8 Å². The second-order valence-corrected chi connectivity index (χ2v) is 7.09. The highest BCUT2D eigenvalue weighted by molar-refractivity contribution is 5.67. The highest BCUT2D eigenvalue weighted by atomic mass is 16.6. The van der Waals surface area contributed by atoms with Gasteiger partial charge in [0.15, 0.2) is 0 Å². The highest BCUT2D eigenvalue weighted by Gasteiger charge is 2.41. The predicted molar refractivity (Wildman–Crippen MR) is 98.5 cm³/mol. The Hall–Kier alpha value is -2.87. The summed E-state index contributed by atoms with van der Waals surface area (Å²) in [4.78, 5) is 40.0. The van der Waals surface area contributed by atoms with Crippen LogP contribution in [-0.4, -0.2) is 44.3 Å². The minimum Gasteiger partial charge on any atom is -0.445 e. The van der Waals surface area contributed by atoms with Gasteiger partial charge >= 0.3 is 11.8 Å². The molecule has 8 nitrogen and oxygen atoms in total. The molecule has 8 heteroatoms. The smallest absolute Gasteiger partial charge is 0.410 e. The Kier molecular flexibility index (Phi) is 5.18. The molecule has 1 aromatic carbocycles. The summed E-state index contributed by atoms with van der Waals surface area (Å²) in [5.74, 6) is 0. The first-order valence-electron chi connectivity index (χ1n) is 8.78. The van der Waals surface area contributed by atoms with E-state index in [2.05, 4.69) is 4.98 Å². The van der Waals surface area contributed by atoms with Gasteiger partial charge in [-0.25, -0.2) is 9.59 Å². The van der Waals surface area contributed by atoms with Crippen LogP contribution in [-0.2, 0) is 11.3 Å². The van der Waals surface area contributed by atoms with Crippen molar-refractivity contribution in [2.24, 2.45) is 0 Å². The first kappa shape index (κ1) is 18.9. The Bertz CT molecular complexity index is 932. The summed E-state index contributed by atoms with van der Waals surface area (Å²) in [7, 11) is 0. The van der Waals surface area contributed by atoms with E-state index in [0.717, 1.165) is 5.56 Å². The molecule has 0 aliphatic carbocycles. The maximum Gasteiger partial charge on any atom is 0.410 e. The molecule has 2 aromatic rings. The van der Waals surface area contributed by atoms with E-state index in [-0.39, 0.29) is 19.6 Å². The standard InChI is InChI=1S/C19H23N3O5/c1-13-10-22(17(24)20-16(13)23)15-11-21(9-8-19(15,2)26)18(25)27-12-14-6-4-3-5-7-14/h3-7,10,15,26H,8-9,11-12H2,1-2H3,(H,20,23,24)/t15-,19-/m1/s1. The van der Waals surface area contributed by atoms with Crippen molar-refractivity contribution in [2.45, 2.75) is 38.5 Å². The number of piperidine rings is 1. The number of nitrogens with zero attached hydrogens (tertiary/aromatic N) is 2. The van der Waals surface area contributed by atoms with Crippen molar-refractivity contribution in [1.29, 1.82) is 0 Å². The van der Waals surface area contributed by atoms with E-state index in [1.165, 1.54) is 15.7 Å². The molecule has 1 aromatic heterocycles. The van der Waals surface area contributed by atoms with Gasteiger partial charge in [0, 0.05) is 24.8 Å². The van der Waals surface area contributed by atoms with Crippen LogP contribution in [0, 0.1) is 6.92 Å². The molecule has 0 bridgehead atoms. The lowest BCUT2D eigenvalue weighted by atomic mass is 9.88. The quantitative estimate of drug-likeness (QED) is 0.841. The Morgan fingerprint density at radius 2 is 2.04 bits per heavy atom. The van der Waals surface area contributed by atoms with E-state index in [9.17, 15) is 19.5 Å². The van der Waals surface area contributed by atoms with Crippen molar-refractivity contribution < 1.29 is 14.6 Å². The molecule has 0 saturated carbocycles. The number of H-pyrrole nitrogens is 1. The highest BCUT2D eigenvalue weighted by Crippen LogP contribution is 2.31. The largest absolute Gasteiger partial charge is 0.445 e. The lowest BCUT2D eigenvalue weighted by Crippen LogP contribution is -2.55. The number of carbonyl (C=O) groups is 1. The molecule has 0 radical (unpaired) electrons. The molecule has 2 N–H and O–H groups in total. The molecule has 0 unspecified atom stereocenters. The van der Waals surface area contributed by atoms with Gasteiger partial charge in [-0.2, -0.15) is 0 Å². The van der Waals surface area contributed by atoms with Gasteiger partial charge in [-0.1, -0.05) is 30.3 Å². The third-order valence-electron chi connectivity index (χ3n) is 4.94. The Morgan fingerprint density at radius 1 is 1.33 bits per heavy atom. The van der Waals surface area contributed by atoms with E-state index in [1.807, 2.05) is 30.3 Å². The van der Waals surface area contributed by atoms with Crippen LogP contribution in [0.25, 0.3) is 0 Å². The molecule has 1 fully saturated rings. The zero-order chi connectivity index (χ0) is 19.6. The fraction of sp³-hybridized carbons (Fsp3) is 0.421. The first-order valence-corrected chi connectivity index (χ1v) is 8.78. The minimum absolute atomic E-state index is 0.103. The zero-order valence-electron chi connectivity index (χ0n) is 15.3. The second-order valence-electron chi connectivity index (χ2n) is 7.09. The first-order chi connectivity index (χ1) is 12.8. The number of amides is 1. The van der Waals surface area contributed by atoms with E-state index in [1.54, 1.807) is 13.8 Å². The second kappa shape index (κ2) is 7.40. The fourth-order valence-electron chi connectivity index (χ4n) is 3.21. The van der Waals surface area contributed by atoms with E-state index < -0.39 is 29.0 Å². The van der Waals surface area contributed by atoms with Gasteiger partial charge in [0.2, 0.25) is 0 Å². The average molecular weight is 373 g/mol. The van der Waals surface area contributed by atoms with Crippen molar-refractivity contribution >= 4 is 6.09 Å². The SMILES string of the molecule is Cc1cn([C@@H]2CN(C(=O)OCc3ccccc3)CC[C@@]2(C)O)c(=O)[nH]c1=O. The predicted octanol–water partition coefficient (Wildman–Crippen LogP) is 1.18. The molecular weight excluding hydrogens is 350 g/mol. The molecule has 1 amide bonds. The number of aryl methyl sites for hydroxylation is 1.